The van der Waals surface area contributed by atoms with Gasteiger partial charge in [-0.1, -0.05) is 31.9 Å². The van der Waals surface area contributed by atoms with Crippen LogP contribution in [0.4, 0.5) is 0 Å². The Balaban J connectivity index is 4.12. The smallest absolute Gasteiger partial charge is 0.216 e. The number of unbranched alkanes of at least 4 members (excludes halogenated alkanes) is 5. The lowest BCUT2D eigenvalue weighted by Crippen LogP contribution is -2.22. The second-order valence-electron chi connectivity index (χ2n) is 6.46. The molecule has 0 fully saturated rings. The summed E-state index contributed by atoms with van der Waals surface area (Å²) in [7, 11) is 0. The molecule has 0 amide bonds. The topological polar surface area (TPSA) is 103 Å². The van der Waals surface area contributed by atoms with Crippen LogP contribution in [0.1, 0.15) is 84.0 Å². The summed E-state index contributed by atoms with van der Waals surface area (Å²) in [5, 5.41) is 22.2. The zero-order valence-electron chi connectivity index (χ0n) is 15.3. The molecule has 0 aromatic carbocycles. The van der Waals surface area contributed by atoms with Crippen LogP contribution in [0.15, 0.2) is 12.2 Å². The van der Waals surface area contributed by atoms with E-state index in [0.717, 1.165) is 44.8 Å². The molecular weight excluding hydrogens is 324 g/mol. The van der Waals surface area contributed by atoms with Crippen LogP contribution >= 0.6 is 0 Å². The number of nitro groups is 2. The molecule has 0 bridgehead atoms. The number of aldehydes is 1. The van der Waals surface area contributed by atoms with E-state index in [-0.39, 0.29) is 9.85 Å². The molecule has 0 aliphatic rings. The van der Waals surface area contributed by atoms with Gasteiger partial charge in [0, 0.05) is 42.0 Å². The summed E-state index contributed by atoms with van der Waals surface area (Å²) >= 11 is 0. The van der Waals surface area contributed by atoms with Crippen molar-refractivity contribution in [3.8, 4) is 0 Å². The fourth-order valence-corrected chi connectivity index (χ4v) is 2.74. The molecule has 0 aromatic heterocycles. The van der Waals surface area contributed by atoms with Crippen molar-refractivity contribution in [3.63, 3.8) is 0 Å². The second-order valence-corrected chi connectivity index (χ2v) is 6.46. The monoisotopic (exact) mass is 356 g/mol. The van der Waals surface area contributed by atoms with Gasteiger partial charge < -0.3 is 4.79 Å². The summed E-state index contributed by atoms with van der Waals surface area (Å²) in [5.41, 5.74) is 0. The SMILES string of the molecule is CCCCCC(CCCC(C/C=C/CCCCC=O)[N+](=O)[O-])[N+](=O)[O-]. The summed E-state index contributed by atoms with van der Waals surface area (Å²) in [4.78, 5) is 31.8. The van der Waals surface area contributed by atoms with Crippen molar-refractivity contribution < 1.29 is 14.6 Å². The highest BCUT2D eigenvalue weighted by molar-refractivity contribution is 5.48. The third-order valence-electron chi connectivity index (χ3n) is 4.33. The number of carbonyl (C=O) groups excluding carboxylic acids is 1. The van der Waals surface area contributed by atoms with Gasteiger partial charge in [0.15, 0.2) is 0 Å². The molecule has 0 rings (SSSR count). The molecule has 0 N–H and O–H groups in total. The van der Waals surface area contributed by atoms with Gasteiger partial charge in [-0.25, -0.2) is 0 Å². The van der Waals surface area contributed by atoms with Gasteiger partial charge in [-0.05, 0) is 32.1 Å². The molecule has 144 valence electrons. The van der Waals surface area contributed by atoms with Gasteiger partial charge in [0.2, 0.25) is 12.1 Å². The zero-order chi connectivity index (χ0) is 18.9. The van der Waals surface area contributed by atoms with Gasteiger partial charge >= 0.3 is 0 Å². The van der Waals surface area contributed by atoms with E-state index >= 15 is 0 Å². The number of hydrogen-bond donors (Lipinski definition) is 0. The fourth-order valence-electron chi connectivity index (χ4n) is 2.74. The first-order valence-electron chi connectivity index (χ1n) is 9.38. The van der Waals surface area contributed by atoms with Crippen molar-refractivity contribution in [2.75, 3.05) is 0 Å². The largest absolute Gasteiger partial charge is 0.303 e. The number of allylic oxidation sites excluding steroid dienone is 1. The number of nitrogens with zero attached hydrogens (tertiary/aromatic N) is 2. The molecule has 2 atom stereocenters. The van der Waals surface area contributed by atoms with Gasteiger partial charge in [-0.3, -0.25) is 20.2 Å². The van der Waals surface area contributed by atoms with Crippen LogP contribution in [0, 0.1) is 20.2 Å². The Kier molecular flexibility index (Phi) is 14.6. The Labute approximate surface area is 150 Å². The molecule has 0 radical (unpaired) electrons. The summed E-state index contributed by atoms with van der Waals surface area (Å²) in [6.45, 7) is 2.05. The van der Waals surface area contributed by atoms with Crippen LogP contribution in [0.3, 0.4) is 0 Å². The Bertz CT molecular complexity index is 412. The highest BCUT2D eigenvalue weighted by Gasteiger charge is 2.23. The van der Waals surface area contributed by atoms with Gasteiger partial charge in [-0.15, -0.1) is 0 Å². The van der Waals surface area contributed by atoms with Crippen molar-refractivity contribution in [2.45, 2.75) is 96.1 Å². The first-order valence-corrected chi connectivity index (χ1v) is 9.38. The lowest BCUT2D eigenvalue weighted by molar-refractivity contribution is -0.529. The Morgan fingerprint density at radius 3 is 2.00 bits per heavy atom. The fraction of sp³-hybridized carbons (Fsp3) is 0.833. The molecule has 0 spiro atoms. The number of carbonyl (C=O) groups is 1. The average Bonchev–Trinajstić information content (AvgIpc) is 2.57. The summed E-state index contributed by atoms with van der Waals surface area (Å²) in [6, 6.07) is -1.25. The standard InChI is InChI=1S/C18H32N2O5/c1-2-3-8-12-17(19(22)23)14-11-15-18(20(24)25)13-9-6-4-5-7-10-16-21/h6,9,16-18H,2-5,7-8,10-15H2,1H3/b9-6+. The lowest BCUT2D eigenvalue weighted by atomic mass is 10.00. The van der Waals surface area contributed by atoms with E-state index in [1.54, 1.807) is 0 Å². The zero-order valence-corrected chi connectivity index (χ0v) is 15.3. The van der Waals surface area contributed by atoms with E-state index in [2.05, 4.69) is 6.92 Å². The molecule has 7 nitrogen and oxygen atoms in total. The molecule has 0 aliphatic carbocycles. The van der Waals surface area contributed by atoms with E-state index < -0.39 is 12.1 Å². The van der Waals surface area contributed by atoms with Crippen LogP contribution < -0.4 is 0 Å². The Hall–Kier alpha value is -1.79. The van der Waals surface area contributed by atoms with Gasteiger partial charge in [-0.2, -0.15) is 0 Å². The normalized spacial score (nSPS) is 13.6. The highest BCUT2D eigenvalue weighted by Crippen LogP contribution is 2.16. The molecule has 0 aromatic rings. The molecule has 25 heavy (non-hydrogen) atoms. The third-order valence-corrected chi connectivity index (χ3v) is 4.33. The first-order chi connectivity index (χ1) is 12.0. The van der Waals surface area contributed by atoms with E-state index in [1.807, 2.05) is 12.2 Å². The Morgan fingerprint density at radius 2 is 1.40 bits per heavy atom. The Morgan fingerprint density at radius 1 is 0.800 bits per heavy atom. The van der Waals surface area contributed by atoms with Gasteiger partial charge in [0.05, 0.1) is 0 Å². The third kappa shape index (κ3) is 13.2. The summed E-state index contributed by atoms with van der Waals surface area (Å²) < 4.78 is 0. The van der Waals surface area contributed by atoms with E-state index in [4.69, 9.17) is 0 Å². The minimum absolute atomic E-state index is 0.240. The number of hydrogen-bond acceptors (Lipinski definition) is 5. The lowest BCUT2D eigenvalue weighted by Gasteiger charge is -2.11. The predicted octanol–water partition coefficient (Wildman–Crippen LogP) is 4.73. The van der Waals surface area contributed by atoms with Crippen molar-refractivity contribution in [2.24, 2.45) is 0 Å². The van der Waals surface area contributed by atoms with Crippen LogP contribution in [0.2, 0.25) is 0 Å². The van der Waals surface area contributed by atoms with Gasteiger partial charge in [0.25, 0.3) is 0 Å². The maximum absolute atomic E-state index is 11.1. The van der Waals surface area contributed by atoms with E-state index in [0.29, 0.717) is 38.5 Å². The minimum Gasteiger partial charge on any atom is -0.303 e. The maximum Gasteiger partial charge on any atom is 0.216 e. The quantitative estimate of drug-likeness (QED) is 0.123. The van der Waals surface area contributed by atoms with E-state index in [9.17, 15) is 25.0 Å². The van der Waals surface area contributed by atoms with Crippen molar-refractivity contribution >= 4 is 6.29 Å². The molecule has 0 saturated carbocycles. The molecule has 2 unspecified atom stereocenters. The molecule has 7 heteroatoms. The first kappa shape index (κ1) is 23.2. The van der Waals surface area contributed by atoms with Crippen LogP contribution in [0.5, 0.6) is 0 Å². The van der Waals surface area contributed by atoms with Crippen LogP contribution in [-0.4, -0.2) is 28.2 Å². The average molecular weight is 356 g/mol. The molecule has 0 aliphatic heterocycles. The van der Waals surface area contributed by atoms with Gasteiger partial charge in [0.1, 0.15) is 6.29 Å². The minimum atomic E-state index is -0.672. The maximum atomic E-state index is 11.1. The molecule has 0 heterocycles. The van der Waals surface area contributed by atoms with E-state index in [1.165, 1.54) is 0 Å². The van der Waals surface area contributed by atoms with Crippen molar-refractivity contribution in [1.82, 2.24) is 0 Å². The summed E-state index contributed by atoms with van der Waals surface area (Å²) in [5.74, 6) is 0. The summed E-state index contributed by atoms with van der Waals surface area (Å²) in [6.07, 6.45) is 12.8. The molecule has 0 saturated heterocycles. The second kappa shape index (κ2) is 15.7. The number of rotatable bonds is 17. The van der Waals surface area contributed by atoms with Crippen LogP contribution in [0.25, 0.3) is 0 Å². The molecular formula is C18H32N2O5. The van der Waals surface area contributed by atoms with Crippen molar-refractivity contribution in [3.05, 3.63) is 32.4 Å². The highest BCUT2D eigenvalue weighted by atomic mass is 16.6. The predicted molar refractivity (Wildman–Crippen MR) is 97.8 cm³/mol. The van der Waals surface area contributed by atoms with Crippen molar-refractivity contribution in [1.29, 1.82) is 0 Å². The van der Waals surface area contributed by atoms with Crippen LogP contribution in [-0.2, 0) is 4.79 Å².